The summed E-state index contributed by atoms with van der Waals surface area (Å²) in [7, 11) is 0. The Morgan fingerprint density at radius 2 is 1.71 bits per heavy atom. The fourth-order valence-corrected chi connectivity index (χ4v) is 1.82. The third kappa shape index (κ3) is 2.12. The molecule has 0 aliphatic carbocycles. The van der Waals surface area contributed by atoms with Crippen LogP contribution in [0.25, 0.3) is 11.4 Å². The normalized spacial score (nSPS) is 10.5. The van der Waals surface area contributed by atoms with Crippen molar-refractivity contribution in [2.75, 3.05) is 0 Å². The maximum absolute atomic E-state index is 9.77. The van der Waals surface area contributed by atoms with Gasteiger partial charge in [0.1, 0.15) is 5.75 Å². The van der Waals surface area contributed by atoms with Crippen molar-refractivity contribution < 1.29 is 5.11 Å². The molecule has 3 N–H and O–H groups in total. The van der Waals surface area contributed by atoms with Crippen LogP contribution in [-0.2, 0) is 6.54 Å². The number of aryl methyl sites for hydroxylation is 2. The Labute approximate surface area is 100 Å². The first-order valence-electron chi connectivity index (χ1n) is 5.46. The molecule has 1 heterocycles. The monoisotopic (exact) mass is 229 g/mol. The molecule has 17 heavy (non-hydrogen) atoms. The SMILES string of the molecule is Cc1nc(-c2ccccc2O)nc(C)c1CN. The summed E-state index contributed by atoms with van der Waals surface area (Å²) in [6.45, 7) is 4.24. The number of phenolic OH excluding ortho intramolecular Hbond substituents is 1. The van der Waals surface area contributed by atoms with Gasteiger partial charge >= 0.3 is 0 Å². The van der Waals surface area contributed by atoms with Crippen LogP contribution < -0.4 is 5.73 Å². The summed E-state index contributed by atoms with van der Waals surface area (Å²) in [6.07, 6.45) is 0. The first-order valence-corrected chi connectivity index (χ1v) is 5.46. The van der Waals surface area contributed by atoms with E-state index in [1.165, 1.54) is 0 Å². The van der Waals surface area contributed by atoms with Crippen molar-refractivity contribution in [3.63, 3.8) is 0 Å². The molecule has 1 aromatic carbocycles. The summed E-state index contributed by atoms with van der Waals surface area (Å²) in [5.74, 6) is 0.724. The zero-order valence-electron chi connectivity index (χ0n) is 9.94. The van der Waals surface area contributed by atoms with Crippen LogP contribution in [0.5, 0.6) is 5.75 Å². The van der Waals surface area contributed by atoms with E-state index in [4.69, 9.17) is 5.73 Å². The van der Waals surface area contributed by atoms with Crippen LogP contribution >= 0.6 is 0 Å². The van der Waals surface area contributed by atoms with Gasteiger partial charge in [-0.15, -0.1) is 0 Å². The topological polar surface area (TPSA) is 72.0 Å². The third-order valence-corrected chi connectivity index (χ3v) is 2.77. The average Bonchev–Trinajstić information content (AvgIpc) is 2.29. The minimum Gasteiger partial charge on any atom is -0.507 e. The van der Waals surface area contributed by atoms with Gasteiger partial charge in [-0.1, -0.05) is 12.1 Å². The van der Waals surface area contributed by atoms with Gasteiger partial charge in [-0.25, -0.2) is 9.97 Å². The van der Waals surface area contributed by atoms with Gasteiger partial charge in [0.15, 0.2) is 5.82 Å². The van der Waals surface area contributed by atoms with Crippen molar-refractivity contribution in [3.05, 3.63) is 41.2 Å². The van der Waals surface area contributed by atoms with Gasteiger partial charge in [0.05, 0.1) is 5.56 Å². The first-order chi connectivity index (χ1) is 8.13. The Kier molecular flexibility index (Phi) is 3.06. The molecule has 4 nitrogen and oxygen atoms in total. The highest BCUT2D eigenvalue weighted by Crippen LogP contribution is 2.26. The Balaban J connectivity index is 2.59. The highest BCUT2D eigenvalue weighted by molar-refractivity contribution is 5.63. The second-order valence-electron chi connectivity index (χ2n) is 3.92. The molecule has 0 bridgehead atoms. The predicted molar refractivity (Wildman–Crippen MR) is 66.5 cm³/mol. The van der Waals surface area contributed by atoms with E-state index in [1.807, 2.05) is 19.9 Å². The highest BCUT2D eigenvalue weighted by atomic mass is 16.3. The van der Waals surface area contributed by atoms with Crippen LogP contribution in [-0.4, -0.2) is 15.1 Å². The van der Waals surface area contributed by atoms with Crippen molar-refractivity contribution in [2.24, 2.45) is 5.73 Å². The highest BCUT2D eigenvalue weighted by Gasteiger charge is 2.11. The smallest absolute Gasteiger partial charge is 0.163 e. The summed E-state index contributed by atoms with van der Waals surface area (Å²) in [6, 6.07) is 7.04. The van der Waals surface area contributed by atoms with E-state index in [-0.39, 0.29) is 5.75 Å². The average molecular weight is 229 g/mol. The van der Waals surface area contributed by atoms with E-state index < -0.39 is 0 Å². The lowest BCUT2D eigenvalue weighted by molar-refractivity contribution is 0.477. The number of para-hydroxylation sites is 1. The zero-order valence-corrected chi connectivity index (χ0v) is 9.94. The van der Waals surface area contributed by atoms with E-state index >= 15 is 0 Å². The standard InChI is InChI=1S/C13H15N3O/c1-8-11(7-14)9(2)16-13(15-8)10-5-3-4-6-12(10)17/h3-6,17H,7,14H2,1-2H3. The molecule has 0 unspecified atom stereocenters. The molecule has 4 heteroatoms. The van der Waals surface area contributed by atoms with Crippen LogP contribution in [0, 0.1) is 13.8 Å². The van der Waals surface area contributed by atoms with E-state index in [0.29, 0.717) is 17.9 Å². The molecule has 0 aliphatic rings. The summed E-state index contributed by atoms with van der Waals surface area (Å²) >= 11 is 0. The Morgan fingerprint density at radius 3 is 2.24 bits per heavy atom. The number of phenols is 1. The van der Waals surface area contributed by atoms with Crippen LogP contribution in [0.15, 0.2) is 24.3 Å². The van der Waals surface area contributed by atoms with Gasteiger partial charge in [-0.2, -0.15) is 0 Å². The fourth-order valence-electron chi connectivity index (χ4n) is 1.82. The molecule has 0 saturated heterocycles. The van der Waals surface area contributed by atoms with Crippen LogP contribution in [0.3, 0.4) is 0 Å². The first kappa shape index (κ1) is 11.5. The molecular weight excluding hydrogens is 214 g/mol. The number of nitrogens with zero attached hydrogens (tertiary/aromatic N) is 2. The van der Waals surface area contributed by atoms with Gasteiger partial charge in [0.2, 0.25) is 0 Å². The Morgan fingerprint density at radius 1 is 1.12 bits per heavy atom. The van der Waals surface area contributed by atoms with Crippen molar-refractivity contribution in [1.29, 1.82) is 0 Å². The summed E-state index contributed by atoms with van der Waals surface area (Å²) in [4.78, 5) is 8.77. The molecule has 0 fully saturated rings. The number of benzene rings is 1. The minimum atomic E-state index is 0.187. The third-order valence-electron chi connectivity index (χ3n) is 2.77. The van der Waals surface area contributed by atoms with E-state index in [2.05, 4.69) is 9.97 Å². The molecule has 0 spiro atoms. The zero-order chi connectivity index (χ0) is 12.4. The maximum Gasteiger partial charge on any atom is 0.163 e. The predicted octanol–water partition coefficient (Wildman–Crippen LogP) is 1.92. The summed E-state index contributed by atoms with van der Waals surface area (Å²) < 4.78 is 0. The maximum atomic E-state index is 9.77. The minimum absolute atomic E-state index is 0.187. The molecule has 0 aliphatic heterocycles. The number of rotatable bonds is 2. The number of hydrogen-bond donors (Lipinski definition) is 2. The van der Waals surface area contributed by atoms with Crippen molar-refractivity contribution in [2.45, 2.75) is 20.4 Å². The molecule has 2 rings (SSSR count). The lowest BCUT2D eigenvalue weighted by Gasteiger charge is -2.09. The fraction of sp³-hybridized carbons (Fsp3) is 0.231. The quantitative estimate of drug-likeness (QED) is 0.825. The van der Waals surface area contributed by atoms with E-state index in [0.717, 1.165) is 17.0 Å². The van der Waals surface area contributed by atoms with Gasteiger partial charge in [-0.3, -0.25) is 0 Å². The molecule has 2 aromatic rings. The Bertz CT molecular complexity index is 529. The second-order valence-corrected chi connectivity index (χ2v) is 3.92. The van der Waals surface area contributed by atoms with Crippen molar-refractivity contribution in [1.82, 2.24) is 9.97 Å². The Hall–Kier alpha value is -1.94. The van der Waals surface area contributed by atoms with Crippen LogP contribution in [0.2, 0.25) is 0 Å². The second kappa shape index (κ2) is 4.51. The number of aromatic hydroxyl groups is 1. The molecule has 0 radical (unpaired) electrons. The lowest BCUT2D eigenvalue weighted by Crippen LogP contribution is -2.07. The molecule has 1 aromatic heterocycles. The van der Waals surface area contributed by atoms with Gasteiger partial charge in [-0.05, 0) is 26.0 Å². The van der Waals surface area contributed by atoms with Gasteiger partial charge in [0, 0.05) is 23.5 Å². The number of hydrogen-bond acceptors (Lipinski definition) is 4. The van der Waals surface area contributed by atoms with E-state index in [9.17, 15) is 5.11 Å². The molecule has 88 valence electrons. The van der Waals surface area contributed by atoms with Gasteiger partial charge in [0.25, 0.3) is 0 Å². The molecule has 0 atom stereocenters. The number of aromatic nitrogens is 2. The molecule has 0 amide bonds. The largest absolute Gasteiger partial charge is 0.507 e. The molecule has 0 saturated carbocycles. The van der Waals surface area contributed by atoms with Crippen molar-refractivity contribution in [3.8, 4) is 17.1 Å². The van der Waals surface area contributed by atoms with Crippen molar-refractivity contribution >= 4 is 0 Å². The summed E-state index contributed by atoms with van der Waals surface area (Å²) in [5.41, 5.74) is 8.96. The lowest BCUT2D eigenvalue weighted by atomic mass is 10.1. The number of nitrogens with two attached hydrogens (primary N) is 1. The molecular formula is C13H15N3O. The van der Waals surface area contributed by atoms with E-state index in [1.54, 1.807) is 18.2 Å². The van der Waals surface area contributed by atoms with Gasteiger partial charge < -0.3 is 10.8 Å². The van der Waals surface area contributed by atoms with Crippen LogP contribution in [0.4, 0.5) is 0 Å². The summed E-state index contributed by atoms with van der Waals surface area (Å²) in [5, 5.41) is 9.77. The van der Waals surface area contributed by atoms with Crippen LogP contribution in [0.1, 0.15) is 17.0 Å².